The van der Waals surface area contributed by atoms with Gasteiger partial charge in [0, 0.05) is 44.1 Å². The van der Waals surface area contributed by atoms with E-state index in [1.807, 2.05) is 0 Å². The zero-order valence-electron chi connectivity index (χ0n) is 19.7. The first-order chi connectivity index (χ1) is 17.0. The average Bonchev–Trinajstić information content (AvgIpc) is 2.81. The van der Waals surface area contributed by atoms with E-state index in [1.54, 1.807) is 4.90 Å². The number of carbonyl (C=O) groups is 1. The molecule has 2 aliphatic heterocycles. The zero-order chi connectivity index (χ0) is 26.0. The number of nitrogens with zero attached hydrogens (tertiary/aromatic N) is 1. The van der Waals surface area contributed by atoms with E-state index in [2.05, 4.69) is 5.32 Å². The van der Waals surface area contributed by atoms with Crippen molar-refractivity contribution in [1.29, 1.82) is 0 Å². The Morgan fingerprint density at radius 3 is 2.44 bits per heavy atom. The first-order valence-electron chi connectivity index (χ1n) is 11.6. The minimum absolute atomic E-state index is 0.0442. The molecule has 0 aliphatic carbocycles. The van der Waals surface area contributed by atoms with Crippen LogP contribution >= 0.6 is 0 Å². The summed E-state index contributed by atoms with van der Waals surface area (Å²) < 4.78 is 62.2. The molecule has 0 saturated carbocycles. The summed E-state index contributed by atoms with van der Waals surface area (Å²) in [6, 6.07) is 6.42. The minimum atomic E-state index is -3.38. The van der Waals surface area contributed by atoms with Crippen molar-refractivity contribution in [2.75, 3.05) is 32.5 Å². The number of carbonyl (C=O) groups excluding carboxylic acids is 1. The number of amides is 1. The van der Waals surface area contributed by atoms with Crippen LogP contribution in [0.3, 0.4) is 0 Å². The molecule has 1 amide bonds. The summed E-state index contributed by atoms with van der Waals surface area (Å²) in [5.41, 5.74) is 5.73. The van der Waals surface area contributed by atoms with Gasteiger partial charge < -0.3 is 25.6 Å². The molecule has 0 aromatic heterocycles. The molecule has 3 unspecified atom stereocenters. The molecule has 2 aromatic carbocycles. The van der Waals surface area contributed by atoms with Crippen molar-refractivity contribution in [2.24, 2.45) is 5.73 Å². The summed E-state index contributed by atoms with van der Waals surface area (Å²) in [5.74, 6) is -1.55. The van der Waals surface area contributed by atoms with Crippen LogP contribution in [-0.2, 0) is 14.6 Å². The molecule has 0 radical (unpaired) electrons. The molecule has 3 atom stereocenters. The third-order valence-electron chi connectivity index (χ3n) is 6.43. The molecule has 2 heterocycles. The van der Waals surface area contributed by atoms with Crippen molar-refractivity contribution < 1.29 is 36.6 Å². The number of likely N-dealkylation sites (tertiary alicyclic amines) is 1. The standard InChI is InChI=1S/C24H29F2N3O6S/c1-36(32,33)18-2-3-20-21(11-18)34-13-22(35-20)19(30)12-28-17-4-6-29(7-5-17)23(24(27)31)14-8-15(25)10-16(26)9-14/h2-3,8-11,17,19,22-23,28,30H,4-7,12-13H2,1H3,(H2,27,31). The molecule has 0 spiro atoms. The molecule has 4 N–H and O–H groups in total. The second-order valence-corrected chi connectivity index (χ2v) is 11.2. The SMILES string of the molecule is CS(=O)(=O)c1ccc2c(c1)OCC(C(O)CNC1CCN(C(C(N)=O)c3cc(F)cc(F)c3)CC1)O2. The Labute approximate surface area is 208 Å². The van der Waals surface area contributed by atoms with Crippen LogP contribution in [-0.4, -0.2) is 75.1 Å². The number of nitrogens with one attached hydrogen (secondary N) is 1. The first-order valence-corrected chi connectivity index (χ1v) is 13.4. The predicted octanol–water partition coefficient (Wildman–Crippen LogP) is 1.15. The van der Waals surface area contributed by atoms with Crippen molar-refractivity contribution >= 4 is 15.7 Å². The lowest BCUT2D eigenvalue weighted by Gasteiger charge is -2.37. The topological polar surface area (TPSA) is 131 Å². The number of nitrogens with two attached hydrogens (primary N) is 1. The van der Waals surface area contributed by atoms with E-state index < -0.39 is 45.6 Å². The number of benzene rings is 2. The van der Waals surface area contributed by atoms with Gasteiger partial charge in [0.25, 0.3) is 0 Å². The molecular formula is C24H29F2N3O6S. The van der Waals surface area contributed by atoms with Crippen molar-refractivity contribution in [1.82, 2.24) is 10.2 Å². The Hall–Kier alpha value is -2.80. The fourth-order valence-corrected chi connectivity index (χ4v) is 5.19. The van der Waals surface area contributed by atoms with Gasteiger partial charge in [0.05, 0.1) is 4.90 Å². The van der Waals surface area contributed by atoms with Crippen molar-refractivity contribution in [3.8, 4) is 11.5 Å². The van der Waals surface area contributed by atoms with E-state index in [-0.39, 0.29) is 29.7 Å². The van der Waals surface area contributed by atoms with Gasteiger partial charge in [-0.05, 0) is 42.7 Å². The number of fused-ring (bicyclic) bond motifs is 1. The minimum Gasteiger partial charge on any atom is -0.486 e. The van der Waals surface area contributed by atoms with Gasteiger partial charge in [-0.3, -0.25) is 9.69 Å². The van der Waals surface area contributed by atoms with E-state index in [1.165, 1.54) is 18.2 Å². The Kier molecular flexibility index (Phi) is 7.79. The molecular weight excluding hydrogens is 496 g/mol. The van der Waals surface area contributed by atoms with Crippen molar-refractivity contribution in [2.45, 2.75) is 42.0 Å². The third kappa shape index (κ3) is 6.12. The summed E-state index contributed by atoms with van der Waals surface area (Å²) in [4.78, 5) is 14.0. The fraction of sp³-hybridized carbons (Fsp3) is 0.458. The van der Waals surface area contributed by atoms with Crippen molar-refractivity contribution in [3.63, 3.8) is 0 Å². The normalized spacial score (nSPS) is 20.6. The summed E-state index contributed by atoms with van der Waals surface area (Å²) in [6.07, 6.45) is 0.841. The number of hydrogen-bond donors (Lipinski definition) is 3. The van der Waals surface area contributed by atoms with E-state index in [0.29, 0.717) is 37.4 Å². The maximum absolute atomic E-state index is 13.7. The van der Waals surface area contributed by atoms with Crippen LogP contribution in [0.2, 0.25) is 0 Å². The smallest absolute Gasteiger partial charge is 0.239 e. The van der Waals surface area contributed by atoms with Crippen LogP contribution < -0.4 is 20.5 Å². The maximum atomic E-state index is 13.7. The van der Waals surface area contributed by atoms with Gasteiger partial charge in [0.1, 0.15) is 30.4 Å². The predicted molar refractivity (Wildman–Crippen MR) is 126 cm³/mol. The largest absolute Gasteiger partial charge is 0.486 e. The molecule has 4 rings (SSSR count). The molecule has 1 fully saturated rings. The van der Waals surface area contributed by atoms with Crippen LogP contribution in [0.1, 0.15) is 24.4 Å². The Balaban J connectivity index is 1.29. The molecule has 12 heteroatoms. The molecule has 2 aromatic rings. The Bertz CT molecular complexity index is 1200. The van der Waals surface area contributed by atoms with Crippen LogP contribution in [0.5, 0.6) is 11.5 Å². The summed E-state index contributed by atoms with van der Waals surface area (Å²) in [6.45, 7) is 1.23. The number of aliphatic hydroxyl groups excluding tert-OH is 1. The number of aliphatic hydroxyl groups is 1. The Morgan fingerprint density at radius 2 is 1.83 bits per heavy atom. The summed E-state index contributed by atoms with van der Waals surface area (Å²) in [7, 11) is -3.38. The van der Waals surface area contributed by atoms with E-state index in [4.69, 9.17) is 15.2 Å². The molecule has 0 bridgehead atoms. The third-order valence-corrected chi connectivity index (χ3v) is 7.54. The zero-order valence-corrected chi connectivity index (χ0v) is 20.5. The highest BCUT2D eigenvalue weighted by molar-refractivity contribution is 7.90. The first kappa shape index (κ1) is 26.3. The van der Waals surface area contributed by atoms with Gasteiger partial charge >= 0.3 is 0 Å². The summed E-state index contributed by atoms with van der Waals surface area (Å²) >= 11 is 0. The average molecular weight is 526 g/mol. The van der Waals surface area contributed by atoms with Gasteiger partial charge in [0.15, 0.2) is 27.4 Å². The number of primary amides is 1. The van der Waals surface area contributed by atoms with Gasteiger partial charge in [-0.15, -0.1) is 0 Å². The fourth-order valence-electron chi connectivity index (χ4n) is 4.56. The van der Waals surface area contributed by atoms with Crippen LogP contribution in [0.15, 0.2) is 41.3 Å². The number of piperidine rings is 1. The second-order valence-electron chi connectivity index (χ2n) is 9.14. The highest BCUT2D eigenvalue weighted by atomic mass is 32.2. The van der Waals surface area contributed by atoms with E-state index in [0.717, 1.165) is 24.5 Å². The maximum Gasteiger partial charge on any atom is 0.239 e. The molecule has 36 heavy (non-hydrogen) atoms. The monoisotopic (exact) mass is 525 g/mol. The van der Waals surface area contributed by atoms with Gasteiger partial charge in [-0.25, -0.2) is 17.2 Å². The number of hydrogen-bond acceptors (Lipinski definition) is 8. The Morgan fingerprint density at radius 1 is 1.17 bits per heavy atom. The number of rotatable bonds is 8. The van der Waals surface area contributed by atoms with E-state index in [9.17, 15) is 27.1 Å². The highest BCUT2D eigenvalue weighted by Gasteiger charge is 2.32. The van der Waals surface area contributed by atoms with Crippen LogP contribution in [0.4, 0.5) is 8.78 Å². The van der Waals surface area contributed by atoms with Crippen LogP contribution in [0.25, 0.3) is 0 Å². The molecule has 9 nitrogen and oxygen atoms in total. The lowest BCUT2D eigenvalue weighted by Crippen LogP contribution is -2.50. The lowest BCUT2D eigenvalue weighted by molar-refractivity contribution is -0.124. The molecule has 1 saturated heterocycles. The quantitative estimate of drug-likeness (QED) is 0.468. The number of halogens is 2. The number of sulfone groups is 1. The summed E-state index contributed by atoms with van der Waals surface area (Å²) in [5, 5.41) is 13.9. The van der Waals surface area contributed by atoms with Gasteiger partial charge in [-0.2, -0.15) is 0 Å². The second kappa shape index (κ2) is 10.7. The van der Waals surface area contributed by atoms with Gasteiger partial charge in [0.2, 0.25) is 5.91 Å². The molecule has 2 aliphatic rings. The number of ether oxygens (including phenoxy) is 2. The van der Waals surface area contributed by atoms with Crippen molar-refractivity contribution in [3.05, 3.63) is 53.6 Å². The van der Waals surface area contributed by atoms with Crippen LogP contribution in [0, 0.1) is 11.6 Å². The van der Waals surface area contributed by atoms with Gasteiger partial charge in [-0.1, -0.05) is 0 Å². The molecule has 196 valence electrons. The lowest BCUT2D eigenvalue weighted by atomic mass is 9.98. The van der Waals surface area contributed by atoms with E-state index >= 15 is 0 Å². The highest BCUT2D eigenvalue weighted by Crippen LogP contribution is 2.34.